The highest BCUT2D eigenvalue weighted by Gasteiger charge is 2.47. The second kappa shape index (κ2) is 5.82. The van der Waals surface area contributed by atoms with E-state index in [4.69, 9.17) is 16.3 Å². The van der Waals surface area contributed by atoms with Crippen molar-refractivity contribution in [2.45, 2.75) is 32.4 Å². The van der Waals surface area contributed by atoms with E-state index in [-0.39, 0.29) is 5.78 Å². The number of hydrogen-bond donors (Lipinski definition) is 0. The summed E-state index contributed by atoms with van der Waals surface area (Å²) >= 11 is 5.97. The number of benzene rings is 2. The van der Waals surface area contributed by atoms with Gasteiger partial charge in [0.25, 0.3) is 0 Å². The van der Waals surface area contributed by atoms with Gasteiger partial charge in [-0.2, -0.15) is 0 Å². The van der Waals surface area contributed by atoms with Crippen LogP contribution < -0.4 is 0 Å². The van der Waals surface area contributed by atoms with Crippen molar-refractivity contribution < 1.29 is 9.53 Å². The SMILES string of the molecule is CC1=N[C@@](C)(c2ccc(Cl)cc2)[C@H](C(=O)c2ccccc2C)O1. The predicted molar refractivity (Wildman–Crippen MR) is 92.3 cm³/mol. The predicted octanol–water partition coefficient (Wildman–Crippen LogP) is 4.56. The van der Waals surface area contributed by atoms with Crippen LogP contribution >= 0.6 is 11.6 Å². The van der Waals surface area contributed by atoms with Crippen molar-refractivity contribution in [1.82, 2.24) is 0 Å². The van der Waals surface area contributed by atoms with Crippen LogP contribution in [0.4, 0.5) is 0 Å². The molecule has 2 aromatic carbocycles. The Hall–Kier alpha value is -2.13. The summed E-state index contributed by atoms with van der Waals surface area (Å²) in [5.74, 6) is 0.468. The van der Waals surface area contributed by atoms with E-state index in [1.807, 2.05) is 50.2 Å². The normalized spacial score (nSPS) is 23.3. The Morgan fingerprint density at radius 2 is 1.78 bits per heavy atom. The quantitative estimate of drug-likeness (QED) is 0.775. The number of rotatable bonds is 3. The Kier molecular flexibility index (Phi) is 3.99. The van der Waals surface area contributed by atoms with Crippen molar-refractivity contribution in [3.63, 3.8) is 0 Å². The van der Waals surface area contributed by atoms with E-state index in [9.17, 15) is 4.79 Å². The van der Waals surface area contributed by atoms with Gasteiger partial charge in [-0.05, 0) is 37.1 Å². The second-order valence-corrected chi connectivity index (χ2v) is 6.40. The van der Waals surface area contributed by atoms with Crippen molar-refractivity contribution in [1.29, 1.82) is 0 Å². The number of ketones is 1. The Morgan fingerprint density at radius 3 is 2.43 bits per heavy atom. The average Bonchev–Trinajstić information content (AvgIpc) is 2.83. The Morgan fingerprint density at radius 1 is 1.13 bits per heavy atom. The number of aryl methyl sites for hydroxylation is 1. The molecule has 0 amide bonds. The van der Waals surface area contributed by atoms with E-state index in [2.05, 4.69) is 4.99 Å². The Bertz CT molecular complexity index is 782. The maximum atomic E-state index is 13.0. The van der Waals surface area contributed by atoms with Gasteiger partial charge in [-0.15, -0.1) is 0 Å². The maximum absolute atomic E-state index is 13.0. The first-order valence-corrected chi connectivity index (χ1v) is 7.88. The summed E-state index contributed by atoms with van der Waals surface area (Å²) < 4.78 is 5.80. The van der Waals surface area contributed by atoms with E-state index in [1.165, 1.54) is 0 Å². The number of hydrogen-bond acceptors (Lipinski definition) is 3. The van der Waals surface area contributed by atoms with E-state index < -0.39 is 11.6 Å². The summed E-state index contributed by atoms with van der Waals surface area (Å²) in [6, 6.07) is 14.9. The molecule has 1 aliphatic rings. The molecule has 1 aliphatic heterocycles. The van der Waals surface area contributed by atoms with Gasteiger partial charge in [-0.3, -0.25) is 4.79 Å². The number of carbonyl (C=O) groups is 1. The lowest BCUT2D eigenvalue weighted by atomic mass is 9.83. The molecule has 0 fully saturated rings. The molecule has 23 heavy (non-hydrogen) atoms. The largest absolute Gasteiger partial charge is 0.467 e. The number of Topliss-reactive ketones (excluding diaryl/α,β-unsaturated/α-hetero) is 1. The molecule has 2 atom stereocenters. The molecule has 0 unspecified atom stereocenters. The highest BCUT2D eigenvalue weighted by molar-refractivity contribution is 6.30. The van der Waals surface area contributed by atoms with Gasteiger partial charge >= 0.3 is 0 Å². The van der Waals surface area contributed by atoms with E-state index in [0.717, 1.165) is 11.1 Å². The van der Waals surface area contributed by atoms with Gasteiger partial charge in [0.1, 0.15) is 5.54 Å². The molecule has 1 heterocycles. The van der Waals surface area contributed by atoms with Crippen LogP contribution in [0.2, 0.25) is 5.02 Å². The smallest absolute Gasteiger partial charge is 0.206 e. The summed E-state index contributed by atoms with van der Waals surface area (Å²) in [6.45, 7) is 5.63. The van der Waals surface area contributed by atoms with Crippen LogP contribution in [0.15, 0.2) is 53.5 Å². The van der Waals surface area contributed by atoms with Crippen molar-refractivity contribution in [2.75, 3.05) is 0 Å². The maximum Gasteiger partial charge on any atom is 0.206 e. The van der Waals surface area contributed by atoms with Crippen LogP contribution in [0.5, 0.6) is 0 Å². The molecule has 0 spiro atoms. The monoisotopic (exact) mass is 327 g/mol. The zero-order valence-electron chi connectivity index (χ0n) is 13.3. The van der Waals surface area contributed by atoms with Crippen molar-refractivity contribution in [2.24, 2.45) is 4.99 Å². The highest BCUT2D eigenvalue weighted by Crippen LogP contribution is 2.38. The summed E-state index contributed by atoms with van der Waals surface area (Å²) in [7, 11) is 0. The lowest BCUT2D eigenvalue weighted by Gasteiger charge is -2.27. The molecule has 0 radical (unpaired) electrons. The number of carbonyl (C=O) groups excluding carboxylic acids is 1. The van der Waals surface area contributed by atoms with E-state index >= 15 is 0 Å². The van der Waals surface area contributed by atoms with Crippen molar-refractivity contribution in [3.05, 3.63) is 70.2 Å². The lowest BCUT2D eigenvalue weighted by Crippen LogP contribution is -2.39. The minimum absolute atomic E-state index is 0.0545. The first-order chi connectivity index (χ1) is 10.9. The Balaban J connectivity index is 2.03. The second-order valence-electron chi connectivity index (χ2n) is 5.96. The highest BCUT2D eigenvalue weighted by atomic mass is 35.5. The molecule has 0 aliphatic carbocycles. The minimum atomic E-state index is -0.756. The molecule has 3 rings (SSSR count). The molecule has 0 saturated heterocycles. The first-order valence-electron chi connectivity index (χ1n) is 7.51. The third kappa shape index (κ3) is 2.77. The van der Waals surface area contributed by atoms with Gasteiger partial charge in [0.05, 0.1) is 0 Å². The zero-order valence-corrected chi connectivity index (χ0v) is 14.1. The van der Waals surface area contributed by atoms with Crippen LogP contribution in [0.3, 0.4) is 0 Å². The molecule has 0 aromatic heterocycles. The molecule has 118 valence electrons. The van der Waals surface area contributed by atoms with Gasteiger partial charge < -0.3 is 4.74 Å². The van der Waals surface area contributed by atoms with Crippen LogP contribution in [0, 0.1) is 6.92 Å². The van der Waals surface area contributed by atoms with Crippen molar-refractivity contribution in [3.8, 4) is 0 Å². The first kappa shape index (κ1) is 15.8. The number of halogens is 1. The van der Waals surface area contributed by atoms with Gasteiger partial charge in [0.2, 0.25) is 5.78 Å². The summed E-state index contributed by atoms with van der Waals surface area (Å²) in [4.78, 5) is 17.7. The fourth-order valence-corrected chi connectivity index (χ4v) is 3.13. The van der Waals surface area contributed by atoms with Gasteiger partial charge in [-0.25, -0.2) is 4.99 Å². The third-order valence-electron chi connectivity index (χ3n) is 4.27. The molecule has 2 aromatic rings. The molecular weight excluding hydrogens is 310 g/mol. The minimum Gasteiger partial charge on any atom is -0.467 e. The number of aliphatic imine (C=N–C) groups is 1. The summed E-state index contributed by atoms with van der Waals surface area (Å²) in [6.07, 6.45) is -0.676. The van der Waals surface area contributed by atoms with Gasteiger partial charge in [-0.1, -0.05) is 48.0 Å². The number of ether oxygens (including phenoxy) is 1. The summed E-state index contributed by atoms with van der Waals surface area (Å²) in [5.41, 5.74) is 1.76. The molecular formula is C19H18ClNO2. The standard InChI is InChI=1S/C19H18ClNO2/c1-12-6-4-5-7-16(12)17(22)18-19(3,21-13(2)23-18)14-8-10-15(20)11-9-14/h4-11,18H,1-3H3/t18-,19-/m0/s1. The van der Waals surface area contributed by atoms with Crippen LogP contribution in [0.1, 0.15) is 35.3 Å². The molecule has 0 saturated carbocycles. The zero-order chi connectivity index (χ0) is 16.6. The third-order valence-corrected chi connectivity index (χ3v) is 4.52. The number of nitrogens with zero attached hydrogens (tertiary/aromatic N) is 1. The van der Waals surface area contributed by atoms with Gasteiger partial charge in [0.15, 0.2) is 12.0 Å². The van der Waals surface area contributed by atoms with E-state index in [0.29, 0.717) is 16.5 Å². The molecule has 4 heteroatoms. The van der Waals surface area contributed by atoms with Crippen molar-refractivity contribution >= 4 is 23.3 Å². The lowest BCUT2D eigenvalue weighted by molar-refractivity contribution is 0.0692. The molecule has 3 nitrogen and oxygen atoms in total. The fourth-order valence-electron chi connectivity index (χ4n) is 3.00. The van der Waals surface area contributed by atoms with Crippen LogP contribution in [-0.4, -0.2) is 17.8 Å². The topological polar surface area (TPSA) is 38.7 Å². The molecule has 0 N–H and O–H groups in total. The fraction of sp³-hybridized carbons (Fsp3) is 0.263. The van der Waals surface area contributed by atoms with E-state index in [1.54, 1.807) is 19.1 Å². The van der Waals surface area contributed by atoms with Gasteiger partial charge in [0, 0.05) is 17.5 Å². The average molecular weight is 328 g/mol. The summed E-state index contributed by atoms with van der Waals surface area (Å²) in [5, 5.41) is 0.652. The van der Waals surface area contributed by atoms with Crippen LogP contribution in [-0.2, 0) is 10.3 Å². The Labute approximate surface area is 141 Å². The van der Waals surface area contributed by atoms with Crippen LogP contribution in [0.25, 0.3) is 0 Å². The molecule has 0 bridgehead atoms.